The zero-order chi connectivity index (χ0) is 25.9. The number of nitrogens with zero attached hydrogens (tertiary/aromatic N) is 3. The van der Waals surface area contributed by atoms with Crippen molar-refractivity contribution in [1.82, 2.24) is 14.7 Å². The van der Waals surface area contributed by atoms with Gasteiger partial charge in [0, 0.05) is 37.0 Å². The molecule has 7 heteroatoms. The van der Waals surface area contributed by atoms with E-state index in [0.29, 0.717) is 37.8 Å². The van der Waals surface area contributed by atoms with Gasteiger partial charge in [-0.1, -0.05) is 36.4 Å². The molecule has 4 aromatic rings. The monoisotopic (exact) mass is 509 g/mol. The Hall–Kier alpha value is -4.10. The number of aromatic nitrogens is 2. The molecule has 0 bridgehead atoms. The van der Waals surface area contributed by atoms with E-state index in [2.05, 4.69) is 36.3 Å². The van der Waals surface area contributed by atoms with Gasteiger partial charge in [-0.05, 0) is 60.4 Å². The SMILES string of the molecule is Cc1ccccc1-c1cc2c(c(OC[C@H]3CCOC3)c1)OCCN(C(=O)c1ccccc1-n1cccn1)C2. The highest BCUT2D eigenvalue weighted by molar-refractivity contribution is 5.97. The minimum absolute atomic E-state index is 0.0561. The summed E-state index contributed by atoms with van der Waals surface area (Å²) in [6.07, 6.45) is 4.56. The summed E-state index contributed by atoms with van der Waals surface area (Å²) in [5.41, 5.74) is 5.66. The molecule has 0 N–H and O–H groups in total. The van der Waals surface area contributed by atoms with Gasteiger partial charge in [0.25, 0.3) is 5.91 Å². The number of amides is 1. The highest BCUT2D eigenvalue weighted by Gasteiger charge is 2.27. The van der Waals surface area contributed by atoms with E-state index in [1.165, 1.54) is 5.56 Å². The highest BCUT2D eigenvalue weighted by atomic mass is 16.5. The van der Waals surface area contributed by atoms with E-state index in [1.807, 2.05) is 53.6 Å². The molecule has 0 unspecified atom stereocenters. The molecule has 1 atom stereocenters. The third kappa shape index (κ3) is 4.89. The molecule has 0 aliphatic carbocycles. The quantitative estimate of drug-likeness (QED) is 0.353. The van der Waals surface area contributed by atoms with Crippen LogP contribution in [0.5, 0.6) is 11.5 Å². The van der Waals surface area contributed by atoms with Crippen LogP contribution in [0.4, 0.5) is 0 Å². The molecule has 1 amide bonds. The number of carbonyl (C=O) groups excluding carboxylic acids is 1. The van der Waals surface area contributed by atoms with Crippen LogP contribution < -0.4 is 9.47 Å². The molecule has 3 aromatic carbocycles. The highest BCUT2D eigenvalue weighted by Crippen LogP contribution is 2.40. The van der Waals surface area contributed by atoms with Gasteiger partial charge in [-0.2, -0.15) is 5.10 Å². The number of rotatable bonds is 6. The Morgan fingerprint density at radius 1 is 1.08 bits per heavy atom. The van der Waals surface area contributed by atoms with Crippen molar-refractivity contribution in [2.45, 2.75) is 19.9 Å². The van der Waals surface area contributed by atoms with Gasteiger partial charge >= 0.3 is 0 Å². The second-order valence-electron chi connectivity index (χ2n) is 9.86. The maximum Gasteiger partial charge on any atom is 0.256 e. The number of fused-ring (bicyclic) bond motifs is 1. The molecule has 0 saturated carbocycles. The fourth-order valence-electron chi connectivity index (χ4n) is 5.17. The van der Waals surface area contributed by atoms with Crippen LogP contribution in [0.3, 0.4) is 0 Å². The maximum atomic E-state index is 13.9. The molecule has 2 aliphatic rings. The molecule has 194 valence electrons. The van der Waals surface area contributed by atoms with Crippen molar-refractivity contribution in [2.24, 2.45) is 5.92 Å². The Kier molecular flexibility index (Phi) is 6.84. The van der Waals surface area contributed by atoms with E-state index in [0.717, 1.165) is 53.5 Å². The second-order valence-corrected chi connectivity index (χ2v) is 9.86. The molecular formula is C31H31N3O4. The summed E-state index contributed by atoms with van der Waals surface area (Å²) in [7, 11) is 0. The van der Waals surface area contributed by atoms with Crippen molar-refractivity contribution in [1.29, 1.82) is 0 Å². The third-order valence-electron chi connectivity index (χ3n) is 7.23. The average molecular weight is 510 g/mol. The molecule has 6 rings (SSSR count). The zero-order valence-corrected chi connectivity index (χ0v) is 21.5. The van der Waals surface area contributed by atoms with Crippen LogP contribution in [-0.2, 0) is 11.3 Å². The predicted octanol–water partition coefficient (Wildman–Crippen LogP) is 5.30. The summed E-state index contributed by atoms with van der Waals surface area (Å²) in [6.45, 7) is 5.46. The van der Waals surface area contributed by atoms with Crippen LogP contribution in [0.1, 0.15) is 27.9 Å². The van der Waals surface area contributed by atoms with E-state index in [1.54, 1.807) is 10.9 Å². The number of hydrogen-bond acceptors (Lipinski definition) is 5. The van der Waals surface area contributed by atoms with Gasteiger partial charge in [-0.3, -0.25) is 4.79 Å². The first-order valence-electron chi connectivity index (χ1n) is 13.1. The molecule has 1 saturated heterocycles. The number of benzene rings is 3. The summed E-state index contributed by atoms with van der Waals surface area (Å²) in [6, 6.07) is 21.9. The zero-order valence-electron chi connectivity index (χ0n) is 21.5. The second kappa shape index (κ2) is 10.7. The van der Waals surface area contributed by atoms with Crippen LogP contribution in [0.2, 0.25) is 0 Å². The first-order valence-corrected chi connectivity index (χ1v) is 13.1. The van der Waals surface area contributed by atoms with E-state index < -0.39 is 0 Å². The number of aryl methyl sites for hydroxylation is 1. The first kappa shape index (κ1) is 24.2. The Labute approximate surface area is 222 Å². The van der Waals surface area contributed by atoms with E-state index in [4.69, 9.17) is 14.2 Å². The minimum atomic E-state index is -0.0561. The average Bonchev–Trinajstić information content (AvgIpc) is 3.63. The lowest BCUT2D eigenvalue weighted by atomic mass is 9.97. The van der Waals surface area contributed by atoms with Gasteiger partial charge < -0.3 is 19.1 Å². The van der Waals surface area contributed by atoms with Crippen molar-refractivity contribution in [3.63, 3.8) is 0 Å². The Morgan fingerprint density at radius 2 is 1.95 bits per heavy atom. The van der Waals surface area contributed by atoms with Crippen molar-refractivity contribution in [3.05, 3.63) is 95.8 Å². The van der Waals surface area contributed by atoms with Crippen LogP contribution in [0, 0.1) is 12.8 Å². The number of ether oxygens (including phenoxy) is 3. The van der Waals surface area contributed by atoms with Gasteiger partial charge in [0.1, 0.15) is 6.61 Å². The Balaban J connectivity index is 1.36. The molecule has 1 fully saturated rings. The Bertz CT molecular complexity index is 1430. The number of hydrogen-bond donors (Lipinski definition) is 0. The number of carbonyl (C=O) groups is 1. The molecule has 0 spiro atoms. The van der Waals surface area contributed by atoms with Crippen LogP contribution in [0.15, 0.2) is 79.1 Å². The fourth-order valence-corrected chi connectivity index (χ4v) is 5.17. The third-order valence-corrected chi connectivity index (χ3v) is 7.23. The molecule has 1 aromatic heterocycles. The molecule has 7 nitrogen and oxygen atoms in total. The largest absolute Gasteiger partial charge is 0.489 e. The van der Waals surface area contributed by atoms with E-state index in [-0.39, 0.29) is 5.91 Å². The van der Waals surface area contributed by atoms with Crippen molar-refractivity contribution in [2.75, 3.05) is 33.0 Å². The van der Waals surface area contributed by atoms with E-state index in [9.17, 15) is 4.79 Å². The standard InChI is InChI=1S/C31H31N3O4/c1-22-7-2-3-8-26(22)24-17-25-19-33(31(35)27-9-4-5-10-28(27)34-13-6-12-32-34)14-16-37-30(25)29(18-24)38-21-23-11-15-36-20-23/h2-10,12-13,17-18,23H,11,14-16,19-21H2,1H3/t23-/m0/s1. The lowest BCUT2D eigenvalue weighted by Gasteiger charge is -2.22. The smallest absolute Gasteiger partial charge is 0.256 e. The van der Waals surface area contributed by atoms with Crippen molar-refractivity contribution >= 4 is 5.91 Å². The van der Waals surface area contributed by atoms with Crippen LogP contribution in [0.25, 0.3) is 16.8 Å². The first-order chi connectivity index (χ1) is 18.7. The summed E-state index contributed by atoms with van der Waals surface area (Å²) in [5, 5.41) is 4.34. The van der Waals surface area contributed by atoms with Crippen molar-refractivity contribution < 1.29 is 19.0 Å². The van der Waals surface area contributed by atoms with Gasteiger partial charge in [-0.25, -0.2) is 4.68 Å². The topological polar surface area (TPSA) is 65.8 Å². The normalized spacial score (nSPS) is 17.0. The summed E-state index contributed by atoms with van der Waals surface area (Å²) >= 11 is 0. The van der Waals surface area contributed by atoms with Gasteiger partial charge in [-0.15, -0.1) is 0 Å². The lowest BCUT2D eigenvalue weighted by molar-refractivity contribution is 0.0733. The molecule has 0 radical (unpaired) electrons. The minimum Gasteiger partial charge on any atom is -0.489 e. The fraction of sp³-hybridized carbons (Fsp3) is 0.290. The summed E-state index contributed by atoms with van der Waals surface area (Å²) in [4.78, 5) is 15.7. The Morgan fingerprint density at radius 3 is 2.76 bits per heavy atom. The van der Waals surface area contributed by atoms with Crippen LogP contribution >= 0.6 is 0 Å². The molecular weight excluding hydrogens is 478 g/mol. The summed E-state index contributed by atoms with van der Waals surface area (Å²) in [5.74, 6) is 1.76. The van der Waals surface area contributed by atoms with Gasteiger partial charge in [0.05, 0.1) is 31.0 Å². The molecule has 2 aliphatic heterocycles. The lowest BCUT2D eigenvalue weighted by Crippen LogP contribution is -2.33. The van der Waals surface area contributed by atoms with Gasteiger partial charge in [0.15, 0.2) is 11.5 Å². The number of para-hydroxylation sites is 1. The predicted molar refractivity (Wildman–Crippen MR) is 145 cm³/mol. The molecule has 3 heterocycles. The van der Waals surface area contributed by atoms with Crippen LogP contribution in [-0.4, -0.2) is 53.6 Å². The molecule has 38 heavy (non-hydrogen) atoms. The maximum absolute atomic E-state index is 13.9. The van der Waals surface area contributed by atoms with Gasteiger partial charge in [0.2, 0.25) is 0 Å². The summed E-state index contributed by atoms with van der Waals surface area (Å²) < 4.78 is 19.9. The van der Waals surface area contributed by atoms with E-state index >= 15 is 0 Å². The van der Waals surface area contributed by atoms with Crippen molar-refractivity contribution in [3.8, 4) is 28.3 Å².